The number of nitrogen functional groups attached to an aromatic ring is 1. The molecule has 8 nitrogen and oxygen atoms in total. The number of anilines is 2. The number of piperidine rings is 1. The molecule has 0 amide bonds. The number of halogens is 4. The summed E-state index contributed by atoms with van der Waals surface area (Å²) in [7, 11) is 0. The van der Waals surface area contributed by atoms with E-state index in [1.807, 2.05) is 4.90 Å². The minimum Gasteiger partial charge on any atom is -0.461 e. The van der Waals surface area contributed by atoms with Crippen molar-refractivity contribution in [1.82, 2.24) is 14.9 Å². The van der Waals surface area contributed by atoms with Crippen LogP contribution in [0.1, 0.15) is 73.6 Å². The van der Waals surface area contributed by atoms with E-state index in [-0.39, 0.29) is 24.6 Å². The van der Waals surface area contributed by atoms with Crippen molar-refractivity contribution >= 4 is 11.5 Å². The van der Waals surface area contributed by atoms with Gasteiger partial charge in [-0.05, 0) is 52.1 Å². The lowest BCUT2D eigenvalue weighted by molar-refractivity contribution is -0.140. The Morgan fingerprint density at radius 1 is 1.23 bits per heavy atom. The van der Waals surface area contributed by atoms with E-state index in [9.17, 15) is 18.3 Å². The second kappa shape index (κ2) is 10.9. The van der Waals surface area contributed by atoms with E-state index in [4.69, 9.17) is 20.2 Å². The van der Waals surface area contributed by atoms with E-state index < -0.39 is 46.1 Å². The van der Waals surface area contributed by atoms with Crippen LogP contribution >= 0.6 is 0 Å². The number of β-amino-alcohol motifs (C(OH)–C–C–N with tert-alkyl or cyclic N) is 1. The van der Waals surface area contributed by atoms with Gasteiger partial charge in [-0.3, -0.25) is 4.90 Å². The number of benzene rings is 1. The van der Waals surface area contributed by atoms with E-state index in [0.717, 1.165) is 38.4 Å². The third kappa shape index (κ3) is 5.54. The lowest BCUT2D eigenvalue weighted by atomic mass is 9.90. The quantitative estimate of drug-likeness (QED) is 0.223. The number of nitrogens with two attached hydrogens (primary N) is 1. The SMILES string of the molecule is CC#Cc1cc(N)c(F)c(C2Cc3nc(OC[C@]45C=CCN4CCC5)nc(N4CCCC(C)(O)C4)c3CO2)c1C(F)(F)F. The Hall–Kier alpha value is -3.40. The second-order valence-corrected chi connectivity index (χ2v) is 12.1. The smallest absolute Gasteiger partial charge is 0.418 e. The molecule has 2 aromatic rings. The summed E-state index contributed by atoms with van der Waals surface area (Å²) in [5, 5.41) is 10.8. The summed E-state index contributed by atoms with van der Waals surface area (Å²) in [5.41, 5.74) is 2.88. The van der Waals surface area contributed by atoms with E-state index in [1.54, 1.807) is 6.92 Å². The van der Waals surface area contributed by atoms with Crippen LogP contribution in [0.2, 0.25) is 0 Å². The van der Waals surface area contributed by atoms with Crippen molar-refractivity contribution in [3.8, 4) is 17.9 Å². The van der Waals surface area contributed by atoms with Gasteiger partial charge in [0.05, 0.1) is 40.8 Å². The monoisotopic (exact) mass is 601 g/mol. The summed E-state index contributed by atoms with van der Waals surface area (Å²) in [5.74, 6) is 4.20. The Balaban J connectivity index is 1.40. The zero-order valence-corrected chi connectivity index (χ0v) is 24.2. The molecule has 2 saturated heterocycles. The standard InChI is InChI=1S/C31H35F4N5O3/c1-3-7-19-14-21(36)26(32)24(25(19)31(33,34)35)23-15-22-20(16-42-23)27(39-11-4-8-29(2,41)17-39)38-28(37-22)43-18-30-9-5-12-40(30)13-6-10-30/h5,9,14,23,41H,4,6,8,10-13,15-18,36H2,1-2H3/t23?,29?,30-/m1/s1. The average Bonchev–Trinajstić information content (AvgIpc) is 3.52. The van der Waals surface area contributed by atoms with E-state index in [2.05, 4.69) is 33.9 Å². The Morgan fingerprint density at radius 3 is 2.77 bits per heavy atom. The minimum atomic E-state index is -4.90. The molecule has 3 N–H and O–H groups in total. The first kappa shape index (κ1) is 29.7. The van der Waals surface area contributed by atoms with Gasteiger partial charge in [0.2, 0.25) is 0 Å². The van der Waals surface area contributed by atoms with Crippen LogP contribution in [0.4, 0.5) is 29.1 Å². The molecule has 2 fully saturated rings. The topological polar surface area (TPSA) is 97.0 Å². The molecule has 5 heterocycles. The van der Waals surface area contributed by atoms with Crippen molar-refractivity contribution in [3.63, 3.8) is 0 Å². The van der Waals surface area contributed by atoms with Crippen molar-refractivity contribution in [3.05, 3.63) is 52.0 Å². The summed E-state index contributed by atoms with van der Waals surface area (Å²) in [4.78, 5) is 13.7. The van der Waals surface area contributed by atoms with Crippen LogP contribution in [0.15, 0.2) is 18.2 Å². The van der Waals surface area contributed by atoms with Gasteiger partial charge in [0.15, 0.2) is 5.82 Å². The molecule has 0 saturated carbocycles. The normalized spacial score (nSPS) is 27.0. The van der Waals surface area contributed by atoms with E-state index in [0.29, 0.717) is 43.2 Å². The summed E-state index contributed by atoms with van der Waals surface area (Å²) in [6.45, 7) is 6.05. The third-order valence-corrected chi connectivity index (χ3v) is 8.90. The summed E-state index contributed by atoms with van der Waals surface area (Å²) in [6.07, 6.45) is 1.21. The fourth-order valence-electron chi connectivity index (χ4n) is 6.90. The molecular formula is C31H35F4N5O3. The number of fused-ring (bicyclic) bond motifs is 2. The maximum absolute atomic E-state index is 15.5. The highest BCUT2D eigenvalue weighted by atomic mass is 19.4. The Morgan fingerprint density at radius 2 is 2.02 bits per heavy atom. The fraction of sp³-hybridized carbons (Fsp3) is 0.548. The highest BCUT2D eigenvalue weighted by Gasteiger charge is 2.44. The molecule has 4 aliphatic heterocycles. The van der Waals surface area contributed by atoms with Gasteiger partial charge in [-0.2, -0.15) is 23.1 Å². The fourth-order valence-corrected chi connectivity index (χ4v) is 6.90. The number of nitrogens with zero attached hydrogens (tertiary/aromatic N) is 4. The summed E-state index contributed by atoms with van der Waals surface area (Å²) >= 11 is 0. The molecule has 230 valence electrons. The van der Waals surface area contributed by atoms with Crippen molar-refractivity contribution in [1.29, 1.82) is 0 Å². The van der Waals surface area contributed by atoms with Gasteiger partial charge < -0.3 is 25.2 Å². The molecule has 4 aliphatic rings. The Kier molecular flexibility index (Phi) is 7.55. The third-order valence-electron chi connectivity index (χ3n) is 8.90. The van der Waals surface area contributed by atoms with Gasteiger partial charge >= 0.3 is 12.2 Å². The van der Waals surface area contributed by atoms with Crippen LogP contribution in [-0.4, -0.2) is 63.9 Å². The number of hydrogen-bond acceptors (Lipinski definition) is 8. The van der Waals surface area contributed by atoms with Gasteiger partial charge in [-0.15, -0.1) is 5.92 Å². The number of aromatic nitrogens is 2. The van der Waals surface area contributed by atoms with Crippen LogP contribution < -0.4 is 15.4 Å². The van der Waals surface area contributed by atoms with Crippen molar-refractivity contribution in [2.75, 3.05) is 43.4 Å². The van der Waals surface area contributed by atoms with Gasteiger partial charge in [-0.1, -0.05) is 18.1 Å². The molecule has 0 spiro atoms. The number of hydrogen-bond donors (Lipinski definition) is 2. The van der Waals surface area contributed by atoms with Crippen molar-refractivity contribution < 1.29 is 32.1 Å². The first-order chi connectivity index (χ1) is 20.4. The van der Waals surface area contributed by atoms with E-state index in [1.165, 1.54) is 6.92 Å². The van der Waals surface area contributed by atoms with E-state index >= 15 is 4.39 Å². The second-order valence-electron chi connectivity index (χ2n) is 12.1. The Labute approximate surface area is 247 Å². The molecule has 12 heteroatoms. The largest absolute Gasteiger partial charge is 0.461 e. The number of aliphatic hydroxyl groups is 1. The molecule has 2 unspecified atom stereocenters. The predicted molar refractivity (Wildman–Crippen MR) is 152 cm³/mol. The van der Waals surface area contributed by atoms with Crippen molar-refractivity contribution in [2.45, 2.75) is 76.0 Å². The average molecular weight is 602 g/mol. The molecule has 1 aromatic carbocycles. The zero-order valence-electron chi connectivity index (χ0n) is 24.2. The van der Waals surface area contributed by atoms with Crippen LogP contribution in [-0.2, 0) is 23.9 Å². The predicted octanol–water partition coefficient (Wildman–Crippen LogP) is 4.54. The van der Waals surface area contributed by atoms with Crippen LogP contribution in [0, 0.1) is 17.7 Å². The van der Waals surface area contributed by atoms with Crippen LogP contribution in [0.3, 0.4) is 0 Å². The van der Waals surface area contributed by atoms with Gasteiger partial charge in [0.1, 0.15) is 12.4 Å². The summed E-state index contributed by atoms with van der Waals surface area (Å²) in [6, 6.07) is 0.995. The van der Waals surface area contributed by atoms with Crippen LogP contribution in [0.25, 0.3) is 0 Å². The molecule has 1 aromatic heterocycles. The lowest BCUT2D eigenvalue weighted by Crippen LogP contribution is -2.47. The van der Waals surface area contributed by atoms with Crippen molar-refractivity contribution in [2.24, 2.45) is 0 Å². The Bertz CT molecular complexity index is 1520. The lowest BCUT2D eigenvalue weighted by Gasteiger charge is -2.39. The number of ether oxygens (including phenoxy) is 2. The first-order valence-corrected chi connectivity index (χ1v) is 14.6. The van der Waals surface area contributed by atoms with Gasteiger partial charge in [-0.25, -0.2) is 4.39 Å². The molecule has 3 atom stereocenters. The highest BCUT2D eigenvalue weighted by Crippen LogP contribution is 2.45. The molecule has 0 radical (unpaired) electrons. The molecule has 43 heavy (non-hydrogen) atoms. The molecular weight excluding hydrogens is 566 g/mol. The first-order valence-electron chi connectivity index (χ1n) is 14.6. The summed E-state index contributed by atoms with van der Waals surface area (Å²) < 4.78 is 70.8. The maximum Gasteiger partial charge on any atom is 0.418 e. The maximum atomic E-state index is 15.5. The van der Waals surface area contributed by atoms with Gasteiger partial charge in [0, 0.05) is 42.7 Å². The van der Waals surface area contributed by atoms with Crippen LogP contribution in [0.5, 0.6) is 6.01 Å². The minimum absolute atomic E-state index is 0.0859. The van der Waals surface area contributed by atoms with Gasteiger partial charge in [0.25, 0.3) is 0 Å². The zero-order chi connectivity index (χ0) is 30.6. The molecule has 0 bridgehead atoms. The molecule has 6 rings (SSSR count). The number of alkyl halides is 3. The number of rotatable bonds is 5. The molecule has 0 aliphatic carbocycles. The highest BCUT2D eigenvalue weighted by molar-refractivity contribution is 5.59.